The van der Waals surface area contributed by atoms with Gasteiger partial charge in [-0.05, 0) is 37.6 Å². The number of anilines is 1. The van der Waals surface area contributed by atoms with E-state index >= 15 is 0 Å². The number of likely N-dealkylation sites (N-methyl/N-ethyl adjacent to an activating group) is 1. The van der Waals surface area contributed by atoms with Crippen molar-refractivity contribution in [1.82, 2.24) is 0 Å². The maximum Gasteiger partial charge on any atom is 0.460 e. The van der Waals surface area contributed by atoms with Gasteiger partial charge in [0.05, 0.1) is 13.2 Å². The zero-order valence-corrected chi connectivity index (χ0v) is 16.7. The third-order valence-electron chi connectivity index (χ3n) is 4.15. The topological polar surface area (TPSA) is 49.8 Å². The Morgan fingerprint density at radius 2 is 1.65 bits per heavy atom. The van der Waals surface area contributed by atoms with E-state index in [1.807, 2.05) is 11.8 Å². The summed E-state index contributed by atoms with van der Waals surface area (Å²) in [6.07, 6.45) is -4.50. The molecule has 0 aliphatic heterocycles. The quantitative estimate of drug-likeness (QED) is 0.237. The third-order valence-corrected chi connectivity index (χ3v) is 4.15. The number of esters is 1. The van der Waals surface area contributed by atoms with Crippen LogP contribution in [0.3, 0.4) is 0 Å². The van der Waals surface area contributed by atoms with E-state index in [0.29, 0.717) is 18.7 Å². The van der Waals surface area contributed by atoms with Crippen molar-refractivity contribution in [2.75, 3.05) is 31.2 Å². The summed E-state index contributed by atoms with van der Waals surface area (Å²) < 4.78 is 96.4. The standard InChI is InChI=1S/C20H22F7NO3/c1-3-28(12-13-29)15-10-8-14(9-11-15)6-5-7-16(17(30)31-4-2)18(21,22)19(23,24)20(25,26)27/h5-11,29H,3-4,12-13H2,1-2H3/b6-5+,16-7+. The molecule has 0 heterocycles. The Labute approximate surface area is 174 Å². The number of hydrogen-bond donors (Lipinski definition) is 1. The number of alkyl halides is 7. The van der Waals surface area contributed by atoms with E-state index in [4.69, 9.17) is 5.11 Å². The molecule has 0 saturated carbocycles. The van der Waals surface area contributed by atoms with Gasteiger partial charge in [-0.15, -0.1) is 0 Å². The molecule has 31 heavy (non-hydrogen) atoms. The molecule has 0 aromatic heterocycles. The van der Waals surface area contributed by atoms with Gasteiger partial charge in [-0.3, -0.25) is 0 Å². The normalized spacial score (nSPS) is 13.5. The van der Waals surface area contributed by atoms with Crippen LogP contribution in [0.4, 0.5) is 36.4 Å². The van der Waals surface area contributed by atoms with Crippen molar-refractivity contribution in [1.29, 1.82) is 0 Å². The molecule has 0 aliphatic carbocycles. The summed E-state index contributed by atoms with van der Waals surface area (Å²) in [4.78, 5) is 13.5. The van der Waals surface area contributed by atoms with Crippen molar-refractivity contribution >= 4 is 17.7 Å². The number of ether oxygens (including phenoxy) is 1. The monoisotopic (exact) mass is 457 g/mol. The number of carbonyl (C=O) groups excluding carboxylic acids is 1. The first-order valence-electron chi connectivity index (χ1n) is 9.17. The zero-order chi connectivity index (χ0) is 23.9. The van der Waals surface area contributed by atoms with Crippen molar-refractivity contribution in [3.05, 3.63) is 47.6 Å². The summed E-state index contributed by atoms with van der Waals surface area (Å²) in [5.74, 6) is -14.3. The Kier molecular flexibility index (Phi) is 9.10. The fourth-order valence-electron chi connectivity index (χ4n) is 2.50. The molecule has 0 fully saturated rings. The van der Waals surface area contributed by atoms with Crippen molar-refractivity contribution < 1.29 is 45.4 Å². The number of rotatable bonds is 10. The molecule has 0 amide bonds. The van der Waals surface area contributed by atoms with E-state index in [9.17, 15) is 35.5 Å². The average Bonchev–Trinajstić information content (AvgIpc) is 2.69. The summed E-state index contributed by atoms with van der Waals surface area (Å²) in [5, 5.41) is 9.03. The van der Waals surface area contributed by atoms with Gasteiger partial charge in [-0.2, -0.15) is 30.7 Å². The Balaban J connectivity index is 3.24. The Morgan fingerprint density at radius 1 is 1.06 bits per heavy atom. The number of aliphatic hydroxyl groups excluding tert-OH is 1. The molecule has 11 heteroatoms. The van der Waals surface area contributed by atoms with E-state index in [1.54, 1.807) is 12.1 Å². The first-order valence-corrected chi connectivity index (χ1v) is 9.17. The van der Waals surface area contributed by atoms with E-state index < -0.39 is 36.2 Å². The number of allylic oxidation sites excluding steroid dienone is 2. The summed E-state index contributed by atoms with van der Waals surface area (Å²) in [7, 11) is 0. The van der Waals surface area contributed by atoms with Gasteiger partial charge >= 0.3 is 24.0 Å². The Morgan fingerprint density at radius 3 is 2.10 bits per heavy atom. The fourth-order valence-corrected chi connectivity index (χ4v) is 2.50. The molecule has 0 radical (unpaired) electrons. The first-order chi connectivity index (χ1) is 14.3. The van der Waals surface area contributed by atoms with Crippen molar-refractivity contribution in [2.24, 2.45) is 0 Å². The minimum Gasteiger partial charge on any atom is -0.462 e. The molecule has 0 spiro atoms. The van der Waals surface area contributed by atoms with Crippen LogP contribution in [0.25, 0.3) is 6.08 Å². The third kappa shape index (κ3) is 6.22. The average molecular weight is 457 g/mol. The van der Waals surface area contributed by atoms with Crippen LogP contribution in [-0.4, -0.2) is 55.4 Å². The van der Waals surface area contributed by atoms with Crippen LogP contribution in [0, 0.1) is 0 Å². The van der Waals surface area contributed by atoms with Gasteiger partial charge in [0, 0.05) is 18.8 Å². The molecule has 0 aliphatic rings. The maximum atomic E-state index is 14.0. The van der Waals surface area contributed by atoms with Crippen LogP contribution in [0.15, 0.2) is 42.0 Å². The number of benzene rings is 1. The van der Waals surface area contributed by atoms with Crippen LogP contribution in [0.2, 0.25) is 0 Å². The second-order valence-electron chi connectivity index (χ2n) is 6.20. The second kappa shape index (κ2) is 10.7. The Hall–Kier alpha value is -2.56. The van der Waals surface area contributed by atoms with Crippen molar-refractivity contribution in [3.8, 4) is 0 Å². The van der Waals surface area contributed by atoms with Gasteiger partial charge in [-0.1, -0.05) is 24.3 Å². The van der Waals surface area contributed by atoms with Crippen LogP contribution < -0.4 is 4.90 Å². The highest BCUT2D eigenvalue weighted by Gasteiger charge is 2.75. The molecule has 0 atom stereocenters. The maximum absolute atomic E-state index is 14.0. The van der Waals surface area contributed by atoms with Crippen LogP contribution in [0.5, 0.6) is 0 Å². The van der Waals surface area contributed by atoms with E-state index in [2.05, 4.69) is 4.74 Å². The van der Waals surface area contributed by atoms with E-state index in [0.717, 1.165) is 17.8 Å². The lowest BCUT2D eigenvalue weighted by Gasteiger charge is -2.28. The lowest BCUT2D eigenvalue weighted by atomic mass is 10.0. The lowest BCUT2D eigenvalue weighted by Crippen LogP contribution is -2.54. The van der Waals surface area contributed by atoms with Gasteiger partial charge in [-0.25, -0.2) is 4.79 Å². The van der Waals surface area contributed by atoms with Gasteiger partial charge in [0.25, 0.3) is 0 Å². The number of nitrogens with zero attached hydrogens (tertiary/aromatic N) is 1. The molecule has 1 aromatic rings. The Bertz CT molecular complexity index is 787. The molecular formula is C20H22F7NO3. The number of halogens is 7. The molecule has 1 aromatic carbocycles. The predicted molar refractivity (Wildman–Crippen MR) is 101 cm³/mol. The van der Waals surface area contributed by atoms with Gasteiger partial charge in [0.15, 0.2) is 0 Å². The molecule has 4 nitrogen and oxygen atoms in total. The van der Waals surface area contributed by atoms with Gasteiger partial charge in [0.1, 0.15) is 5.57 Å². The van der Waals surface area contributed by atoms with Crippen LogP contribution in [0.1, 0.15) is 19.4 Å². The lowest BCUT2D eigenvalue weighted by molar-refractivity contribution is -0.344. The zero-order valence-electron chi connectivity index (χ0n) is 16.7. The smallest absolute Gasteiger partial charge is 0.460 e. The summed E-state index contributed by atoms with van der Waals surface area (Å²) in [6.45, 7) is 3.44. The van der Waals surface area contributed by atoms with Crippen LogP contribution >= 0.6 is 0 Å². The fraction of sp³-hybridized carbons (Fsp3) is 0.450. The van der Waals surface area contributed by atoms with E-state index in [-0.39, 0.29) is 12.7 Å². The molecule has 1 rings (SSSR count). The highest BCUT2D eigenvalue weighted by Crippen LogP contribution is 2.50. The second-order valence-corrected chi connectivity index (χ2v) is 6.20. The molecule has 0 bridgehead atoms. The van der Waals surface area contributed by atoms with E-state index in [1.165, 1.54) is 19.1 Å². The molecule has 0 saturated heterocycles. The first kappa shape index (κ1) is 26.5. The molecular weight excluding hydrogens is 435 g/mol. The predicted octanol–water partition coefficient (Wildman–Crippen LogP) is 4.84. The summed E-state index contributed by atoms with van der Waals surface area (Å²) in [6, 6.07) is 6.35. The minimum absolute atomic E-state index is 0.0757. The highest BCUT2D eigenvalue weighted by atomic mass is 19.4. The van der Waals surface area contributed by atoms with Gasteiger partial charge in [0.2, 0.25) is 0 Å². The van der Waals surface area contributed by atoms with Crippen molar-refractivity contribution in [3.63, 3.8) is 0 Å². The molecule has 1 N–H and O–H groups in total. The molecule has 0 unspecified atom stereocenters. The SMILES string of the molecule is CCOC(=O)/C(=C\C=C\c1ccc(N(CC)CCO)cc1)C(F)(F)C(F)(F)C(F)(F)F. The number of carbonyl (C=O) groups is 1. The van der Waals surface area contributed by atoms with Gasteiger partial charge < -0.3 is 14.7 Å². The largest absolute Gasteiger partial charge is 0.462 e. The highest BCUT2D eigenvalue weighted by molar-refractivity contribution is 5.91. The minimum atomic E-state index is -6.58. The van der Waals surface area contributed by atoms with Crippen molar-refractivity contribution in [2.45, 2.75) is 31.9 Å². The number of aliphatic hydroxyl groups is 1. The summed E-state index contributed by atoms with van der Waals surface area (Å²) in [5.41, 5.74) is -0.980. The summed E-state index contributed by atoms with van der Waals surface area (Å²) >= 11 is 0. The van der Waals surface area contributed by atoms with Crippen LogP contribution in [-0.2, 0) is 9.53 Å². The molecule has 174 valence electrons. The number of hydrogen-bond acceptors (Lipinski definition) is 4.